The number of hydrogen-bond donors (Lipinski definition) is 3. The van der Waals surface area contributed by atoms with Gasteiger partial charge in [-0.25, -0.2) is 4.57 Å². The van der Waals surface area contributed by atoms with E-state index in [0.717, 1.165) is 32.1 Å². The van der Waals surface area contributed by atoms with Crippen molar-refractivity contribution in [3.63, 3.8) is 0 Å². The van der Waals surface area contributed by atoms with Gasteiger partial charge >= 0.3 is 7.82 Å². The molecule has 74 heavy (non-hydrogen) atoms. The van der Waals surface area contributed by atoms with Crippen molar-refractivity contribution in [3.8, 4) is 0 Å². The number of allylic oxidation sites excluding steroid dienone is 3. The molecule has 0 heterocycles. The minimum Gasteiger partial charge on any atom is -0.387 e. The molecule has 1 amide bonds. The van der Waals surface area contributed by atoms with Gasteiger partial charge in [0.05, 0.1) is 39.9 Å². The van der Waals surface area contributed by atoms with Gasteiger partial charge in [-0.05, 0) is 44.9 Å². The Morgan fingerprint density at radius 3 is 1.04 bits per heavy atom. The molecule has 0 aliphatic heterocycles. The summed E-state index contributed by atoms with van der Waals surface area (Å²) in [5.41, 5.74) is 0. The maximum atomic E-state index is 13.0. The van der Waals surface area contributed by atoms with Crippen molar-refractivity contribution in [2.75, 3.05) is 40.9 Å². The van der Waals surface area contributed by atoms with E-state index in [9.17, 15) is 19.4 Å². The van der Waals surface area contributed by atoms with E-state index >= 15 is 0 Å². The summed E-state index contributed by atoms with van der Waals surface area (Å²) in [5, 5.41) is 14.0. The fourth-order valence-electron chi connectivity index (χ4n) is 10.0. The summed E-state index contributed by atoms with van der Waals surface area (Å²) in [6.07, 6.45) is 73.1. The van der Waals surface area contributed by atoms with Crippen LogP contribution in [-0.4, -0.2) is 73.4 Å². The van der Waals surface area contributed by atoms with Gasteiger partial charge < -0.3 is 19.8 Å². The van der Waals surface area contributed by atoms with Gasteiger partial charge in [0, 0.05) is 6.42 Å². The number of nitrogens with one attached hydrogen (secondary N) is 1. The zero-order valence-electron chi connectivity index (χ0n) is 50.4. The van der Waals surface area contributed by atoms with Gasteiger partial charge in [-0.3, -0.25) is 13.8 Å². The average Bonchev–Trinajstić information content (AvgIpc) is 3.36. The van der Waals surface area contributed by atoms with Gasteiger partial charge in [0.2, 0.25) is 5.91 Å². The first-order chi connectivity index (χ1) is 36.0. The van der Waals surface area contributed by atoms with Crippen molar-refractivity contribution in [1.82, 2.24) is 5.32 Å². The smallest absolute Gasteiger partial charge is 0.387 e. The molecule has 0 aromatic rings. The normalized spacial score (nSPS) is 13.9. The van der Waals surface area contributed by atoms with E-state index in [-0.39, 0.29) is 19.1 Å². The minimum absolute atomic E-state index is 0.0630. The Labute approximate surface area is 462 Å². The Morgan fingerprint density at radius 2 is 0.730 bits per heavy atom. The van der Waals surface area contributed by atoms with Gasteiger partial charge in [0.15, 0.2) is 0 Å². The van der Waals surface area contributed by atoms with E-state index < -0.39 is 20.0 Å². The number of nitrogens with zero attached hydrogens (tertiary/aromatic N) is 1. The molecule has 0 aliphatic carbocycles. The van der Waals surface area contributed by atoms with E-state index in [0.29, 0.717) is 17.4 Å². The average molecular weight is 1070 g/mol. The molecule has 0 aromatic carbocycles. The number of aliphatic hydroxyl groups excluding tert-OH is 1. The molecule has 0 saturated heterocycles. The Bertz CT molecular complexity index is 1260. The van der Waals surface area contributed by atoms with Gasteiger partial charge in [0.1, 0.15) is 13.2 Å². The number of hydrogen-bond acceptors (Lipinski definition) is 5. The van der Waals surface area contributed by atoms with Gasteiger partial charge in [-0.15, -0.1) is 0 Å². The summed E-state index contributed by atoms with van der Waals surface area (Å²) in [6.45, 7) is 4.87. The molecule has 0 fully saturated rings. The van der Waals surface area contributed by atoms with E-state index in [1.807, 2.05) is 27.2 Å². The Balaban J connectivity index is 4.08. The molecule has 440 valence electrons. The molecule has 3 atom stereocenters. The van der Waals surface area contributed by atoms with Crippen LogP contribution in [0.2, 0.25) is 0 Å². The number of phosphoric acid groups is 1. The number of phosphoric ester groups is 1. The quantitative estimate of drug-likeness (QED) is 0.0243. The van der Waals surface area contributed by atoms with Crippen LogP contribution in [0.15, 0.2) is 24.3 Å². The molecule has 0 spiro atoms. The van der Waals surface area contributed by atoms with Crippen LogP contribution in [0.4, 0.5) is 0 Å². The summed E-state index contributed by atoms with van der Waals surface area (Å²) >= 11 is 0. The summed E-state index contributed by atoms with van der Waals surface area (Å²) in [7, 11) is 1.59. The van der Waals surface area contributed by atoms with Crippen LogP contribution in [0.1, 0.15) is 335 Å². The zero-order chi connectivity index (χ0) is 54.2. The molecule has 0 radical (unpaired) electrons. The number of quaternary nitrogens is 1. The number of unbranched alkanes of at least 4 members (excludes halogenated alkanes) is 46. The van der Waals surface area contributed by atoms with Crippen molar-refractivity contribution in [3.05, 3.63) is 24.3 Å². The fourth-order valence-corrected chi connectivity index (χ4v) is 10.8. The van der Waals surface area contributed by atoms with Crippen LogP contribution in [-0.2, 0) is 18.4 Å². The van der Waals surface area contributed by atoms with E-state index in [4.69, 9.17) is 9.05 Å². The second-order valence-corrected chi connectivity index (χ2v) is 25.3. The Morgan fingerprint density at radius 1 is 0.446 bits per heavy atom. The van der Waals surface area contributed by atoms with Crippen LogP contribution in [0.5, 0.6) is 0 Å². The molecule has 8 nitrogen and oxygen atoms in total. The summed E-state index contributed by atoms with van der Waals surface area (Å²) < 4.78 is 23.8. The van der Waals surface area contributed by atoms with E-state index in [1.165, 1.54) is 283 Å². The molecular weight excluding hydrogens is 936 g/mol. The first kappa shape index (κ1) is 73.0. The van der Waals surface area contributed by atoms with Crippen molar-refractivity contribution in [2.45, 2.75) is 347 Å². The lowest BCUT2D eigenvalue weighted by Crippen LogP contribution is -2.45. The molecule has 0 rings (SSSR count). The topological polar surface area (TPSA) is 105 Å². The third-order valence-corrected chi connectivity index (χ3v) is 16.1. The van der Waals surface area contributed by atoms with Crippen molar-refractivity contribution in [1.29, 1.82) is 0 Å². The minimum atomic E-state index is -4.35. The Kier molecular flexibility index (Phi) is 55.9. The second-order valence-electron chi connectivity index (χ2n) is 23.8. The largest absolute Gasteiger partial charge is 0.472 e. The third-order valence-electron chi connectivity index (χ3n) is 15.2. The lowest BCUT2D eigenvalue weighted by Gasteiger charge is -2.25. The maximum absolute atomic E-state index is 13.0. The van der Waals surface area contributed by atoms with Crippen LogP contribution >= 0.6 is 7.82 Å². The predicted molar refractivity (Wildman–Crippen MR) is 323 cm³/mol. The highest BCUT2D eigenvalue weighted by atomic mass is 31.2. The highest BCUT2D eigenvalue weighted by molar-refractivity contribution is 7.47. The number of aliphatic hydroxyl groups is 1. The molecule has 0 aromatic heterocycles. The third kappa shape index (κ3) is 58.7. The molecule has 0 saturated carbocycles. The number of amides is 1. The molecule has 0 bridgehead atoms. The Hall–Kier alpha value is -1.02. The lowest BCUT2D eigenvalue weighted by atomic mass is 10.0. The maximum Gasteiger partial charge on any atom is 0.472 e. The predicted octanol–water partition coefficient (Wildman–Crippen LogP) is 20.3. The standard InChI is InChI=1S/C65H129N2O6P/c1-6-8-10-12-14-16-18-20-22-24-26-28-29-30-31-32-33-34-35-36-37-39-40-42-44-46-48-50-52-54-56-58-64(68)63(62-73-74(70,71)72-61-60-67(3,4)5)66-65(69)59-57-55-53-51-49-47-45-43-41-38-27-25-23-21-19-17-15-13-11-9-7-2/h25,27,56,58,63-64,68H,6-24,26,28-55,57,59-62H2,1-5H3,(H-,66,69,70,71)/p+1/b27-25-,58-56+. The van der Waals surface area contributed by atoms with Crippen molar-refractivity contribution >= 4 is 13.7 Å². The van der Waals surface area contributed by atoms with Crippen LogP contribution in [0, 0.1) is 0 Å². The zero-order valence-corrected chi connectivity index (χ0v) is 51.3. The first-order valence-corrected chi connectivity index (χ1v) is 34.2. The number of carbonyl (C=O) groups excluding carboxylic acids is 1. The first-order valence-electron chi connectivity index (χ1n) is 32.7. The SMILES string of the molecule is CCCCCCCCCC/C=C\CCCCCCCCCCCC(=O)NC(COP(=O)(O)OCC[N+](C)(C)C)C(O)/C=C/CCCCCCCCCCCCCCCCCCCCCCCCCCCCCCC. The molecule has 9 heteroatoms. The van der Waals surface area contributed by atoms with E-state index in [2.05, 4.69) is 31.3 Å². The van der Waals surface area contributed by atoms with Crippen LogP contribution < -0.4 is 5.32 Å². The summed E-state index contributed by atoms with van der Waals surface area (Å²) in [6, 6.07) is -0.847. The lowest BCUT2D eigenvalue weighted by molar-refractivity contribution is -0.870. The second kappa shape index (κ2) is 56.7. The van der Waals surface area contributed by atoms with Crippen molar-refractivity contribution in [2.24, 2.45) is 0 Å². The summed E-state index contributed by atoms with van der Waals surface area (Å²) in [5.74, 6) is -0.174. The van der Waals surface area contributed by atoms with Crippen LogP contribution in [0.3, 0.4) is 0 Å². The van der Waals surface area contributed by atoms with Gasteiger partial charge in [-0.2, -0.15) is 0 Å². The van der Waals surface area contributed by atoms with Gasteiger partial charge in [0.25, 0.3) is 0 Å². The molecule has 3 N–H and O–H groups in total. The number of likely N-dealkylation sites (N-methyl/N-ethyl adjacent to an activating group) is 1. The highest BCUT2D eigenvalue weighted by Crippen LogP contribution is 2.43. The summed E-state index contributed by atoms with van der Waals surface area (Å²) in [4.78, 5) is 23.4. The molecule has 0 aliphatic rings. The molecular formula is C65H130N2O6P+. The van der Waals surface area contributed by atoms with Crippen LogP contribution in [0.25, 0.3) is 0 Å². The molecule has 3 unspecified atom stereocenters. The fraction of sp³-hybridized carbons (Fsp3) is 0.923. The number of carbonyl (C=O) groups is 1. The van der Waals surface area contributed by atoms with Crippen molar-refractivity contribution < 1.29 is 32.9 Å². The van der Waals surface area contributed by atoms with E-state index in [1.54, 1.807) is 6.08 Å². The highest BCUT2D eigenvalue weighted by Gasteiger charge is 2.28. The monoisotopic (exact) mass is 1070 g/mol. The number of rotatable bonds is 61. The van der Waals surface area contributed by atoms with Gasteiger partial charge in [-0.1, -0.05) is 308 Å².